The Balaban J connectivity index is 1.79. The van der Waals surface area contributed by atoms with E-state index in [2.05, 4.69) is 60.6 Å². The lowest BCUT2D eigenvalue weighted by molar-refractivity contribution is 0.0977. The lowest BCUT2D eigenvalue weighted by Crippen LogP contribution is -2.36. The first-order valence-corrected chi connectivity index (χ1v) is 11.7. The van der Waals surface area contributed by atoms with Crippen molar-refractivity contribution >= 4 is 29.2 Å². The predicted molar refractivity (Wildman–Crippen MR) is 136 cm³/mol. The number of aryl methyl sites for hydroxylation is 2. The third-order valence-electron chi connectivity index (χ3n) is 5.62. The number of hydrogen-bond acceptors (Lipinski definition) is 3. The number of aliphatic imine (C=N–C) groups is 1. The Morgan fingerprint density at radius 1 is 1.15 bits per heavy atom. The van der Waals surface area contributed by atoms with E-state index in [0.717, 1.165) is 30.0 Å². The first-order valence-electron chi connectivity index (χ1n) is 11.3. The maximum atomic E-state index is 12.8. The minimum atomic E-state index is -0.270. The number of amides is 1. The highest BCUT2D eigenvalue weighted by Crippen LogP contribution is 2.18. The van der Waals surface area contributed by atoms with Crippen LogP contribution in [0.3, 0.4) is 0 Å². The molecule has 2 aromatic carbocycles. The molecule has 0 saturated heterocycles. The lowest BCUT2D eigenvalue weighted by atomic mass is 10.0. The van der Waals surface area contributed by atoms with Gasteiger partial charge in [0.2, 0.25) is 5.96 Å². The zero-order chi connectivity index (χ0) is 24.0. The summed E-state index contributed by atoms with van der Waals surface area (Å²) in [5, 5.41) is 11.2. The summed E-state index contributed by atoms with van der Waals surface area (Å²) in [6, 6.07) is 15.0. The fraction of sp³-hybridized carbons (Fsp3) is 0.346. The maximum absolute atomic E-state index is 12.8. The molecule has 2 N–H and O–H groups in total. The number of hydrogen-bond donors (Lipinski definition) is 2. The molecule has 0 aliphatic rings. The van der Waals surface area contributed by atoms with Crippen LogP contribution in [0.25, 0.3) is 0 Å². The van der Waals surface area contributed by atoms with Crippen LogP contribution in [-0.2, 0) is 13.0 Å². The average Bonchev–Trinajstić information content (AvgIpc) is 3.07. The van der Waals surface area contributed by atoms with Gasteiger partial charge < -0.3 is 5.32 Å². The van der Waals surface area contributed by atoms with E-state index in [-0.39, 0.29) is 5.91 Å². The van der Waals surface area contributed by atoms with Crippen LogP contribution in [0.1, 0.15) is 59.6 Å². The van der Waals surface area contributed by atoms with E-state index in [0.29, 0.717) is 29.0 Å². The largest absolute Gasteiger partial charge is 0.326 e. The Morgan fingerprint density at radius 2 is 1.88 bits per heavy atom. The van der Waals surface area contributed by atoms with Crippen molar-refractivity contribution in [3.8, 4) is 0 Å². The third kappa shape index (κ3) is 6.45. The van der Waals surface area contributed by atoms with Gasteiger partial charge in [0, 0.05) is 35.1 Å². The second-order valence-electron chi connectivity index (χ2n) is 8.31. The molecule has 0 bridgehead atoms. The van der Waals surface area contributed by atoms with Gasteiger partial charge in [-0.1, -0.05) is 43.6 Å². The zero-order valence-corrected chi connectivity index (χ0v) is 20.7. The molecule has 6 nitrogen and oxygen atoms in total. The van der Waals surface area contributed by atoms with Crippen molar-refractivity contribution in [3.63, 3.8) is 0 Å². The molecule has 1 aromatic heterocycles. The van der Waals surface area contributed by atoms with Crippen molar-refractivity contribution in [2.45, 2.75) is 53.5 Å². The van der Waals surface area contributed by atoms with E-state index in [1.54, 1.807) is 24.3 Å². The van der Waals surface area contributed by atoms with Crippen LogP contribution in [0.2, 0.25) is 5.02 Å². The number of carbonyl (C=O) groups excluding carboxylic acids is 1. The molecular weight excluding hydrogens is 434 g/mol. The number of benzene rings is 2. The number of nitrogens with one attached hydrogen (secondary N) is 2. The molecule has 0 atom stereocenters. The second-order valence-corrected chi connectivity index (χ2v) is 8.75. The maximum Gasteiger partial charge on any atom is 0.258 e. The van der Waals surface area contributed by atoms with Gasteiger partial charge in [0.25, 0.3) is 5.91 Å². The van der Waals surface area contributed by atoms with E-state index < -0.39 is 0 Å². The average molecular weight is 466 g/mol. The molecule has 174 valence electrons. The number of nitrogens with zero attached hydrogens (tertiary/aromatic N) is 3. The molecule has 0 unspecified atom stereocenters. The number of aromatic nitrogens is 2. The zero-order valence-electron chi connectivity index (χ0n) is 19.9. The normalized spacial score (nSPS) is 11.7. The molecular formula is C26H32ClN5O. The van der Waals surface area contributed by atoms with Crippen LogP contribution in [-0.4, -0.2) is 28.2 Å². The Kier molecular flexibility index (Phi) is 8.28. The van der Waals surface area contributed by atoms with E-state index in [9.17, 15) is 4.79 Å². The molecule has 3 rings (SSSR count). The van der Waals surface area contributed by atoms with Crippen molar-refractivity contribution in [1.82, 2.24) is 15.1 Å². The Bertz CT molecular complexity index is 1130. The Morgan fingerprint density at radius 3 is 2.48 bits per heavy atom. The molecule has 0 aliphatic heterocycles. The molecule has 3 aromatic rings. The van der Waals surface area contributed by atoms with Gasteiger partial charge in [0.05, 0.1) is 5.69 Å². The Hall–Kier alpha value is -3.12. The summed E-state index contributed by atoms with van der Waals surface area (Å²) in [4.78, 5) is 17.5. The fourth-order valence-corrected chi connectivity index (χ4v) is 3.88. The van der Waals surface area contributed by atoms with Gasteiger partial charge in [-0.25, -0.2) is 0 Å². The molecule has 0 saturated carbocycles. The van der Waals surface area contributed by atoms with E-state index >= 15 is 0 Å². The van der Waals surface area contributed by atoms with Crippen molar-refractivity contribution in [2.24, 2.45) is 4.99 Å². The van der Waals surface area contributed by atoms with E-state index in [1.165, 1.54) is 11.1 Å². The van der Waals surface area contributed by atoms with Gasteiger partial charge in [0.15, 0.2) is 0 Å². The summed E-state index contributed by atoms with van der Waals surface area (Å²) in [5.74, 6) is 0.578. The van der Waals surface area contributed by atoms with Crippen LogP contribution >= 0.6 is 11.6 Å². The van der Waals surface area contributed by atoms with Crippen LogP contribution in [0, 0.1) is 13.8 Å². The second kappa shape index (κ2) is 11.1. The number of rotatable bonds is 7. The van der Waals surface area contributed by atoms with Crippen molar-refractivity contribution in [1.29, 1.82) is 0 Å². The fourth-order valence-electron chi connectivity index (χ4n) is 3.69. The first kappa shape index (κ1) is 24.5. The van der Waals surface area contributed by atoms with Crippen molar-refractivity contribution in [3.05, 3.63) is 81.6 Å². The van der Waals surface area contributed by atoms with Crippen molar-refractivity contribution in [2.75, 3.05) is 11.9 Å². The monoisotopic (exact) mass is 465 g/mol. The van der Waals surface area contributed by atoms with Crippen LogP contribution in [0.4, 0.5) is 5.69 Å². The number of guanidine groups is 1. The summed E-state index contributed by atoms with van der Waals surface area (Å²) in [6.07, 6.45) is 0.738. The Labute approximate surface area is 201 Å². The molecule has 1 amide bonds. The molecule has 7 heteroatoms. The number of carbonyl (C=O) groups is 1. The van der Waals surface area contributed by atoms with Gasteiger partial charge in [-0.3, -0.25) is 19.8 Å². The summed E-state index contributed by atoms with van der Waals surface area (Å²) >= 11 is 6.06. The predicted octanol–water partition coefficient (Wildman–Crippen LogP) is 5.74. The van der Waals surface area contributed by atoms with Gasteiger partial charge in [0.1, 0.15) is 0 Å². The molecule has 0 fully saturated rings. The van der Waals surface area contributed by atoms with Gasteiger partial charge in [-0.15, -0.1) is 0 Å². The third-order valence-corrected chi connectivity index (χ3v) is 5.86. The highest BCUT2D eigenvalue weighted by atomic mass is 35.5. The summed E-state index contributed by atoms with van der Waals surface area (Å²) in [5.41, 5.74) is 5.96. The molecule has 0 radical (unpaired) electrons. The quantitative estimate of drug-likeness (QED) is 0.345. The standard InChI is InChI=1S/C26H32ClN5O/c1-6-32-19(5)24(18(4)31-32)14-15-28-26(29-23-12-10-20(11-13-23)17(2)3)30-25(33)21-8-7-9-22(27)16-21/h7-13,16-17H,6,14-15H2,1-5H3,(H2,28,29,30,33). The number of halogens is 1. The minimum Gasteiger partial charge on any atom is -0.326 e. The molecule has 1 heterocycles. The SMILES string of the molecule is CCn1nc(C)c(CCN=C(NC(=O)c2cccc(Cl)c2)Nc2ccc(C(C)C)cc2)c1C. The van der Waals surface area contributed by atoms with Crippen LogP contribution < -0.4 is 10.6 Å². The van der Waals surface area contributed by atoms with Gasteiger partial charge >= 0.3 is 0 Å². The minimum absolute atomic E-state index is 0.270. The first-order chi connectivity index (χ1) is 15.8. The highest BCUT2D eigenvalue weighted by Gasteiger charge is 2.12. The molecule has 0 aliphatic carbocycles. The van der Waals surface area contributed by atoms with Gasteiger partial charge in [-0.05, 0) is 74.6 Å². The van der Waals surface area contributed by atoms with E-state index in [1.807, 2.05) is 23.7 Å². The molecule has 0 spiro atoms. The lowest BCUT2D eigenvalue weighted by Gasteiger charge is -2.13. The topological polar surface area (TPSA) is 71.3 Å². The summed E-state index contributed by atoms with van der Waals surface area (Å²) in [6.45, 7) is 11.9. The van der Waals surface area contributed by atoms with E-state index in [4.69, 9.17) is 11.6 Å². The smallest absolute Gasteiger partial charge is 0.258 e. The highest BCUT2D eigenvalue weighted by molar-refractivity contribution is 6.31. The summed E-state index contributed by atoms with van der Waals surface area (Å²) in [7, 11) is 0. The molecule has 33 heavy (non-hydrogen) atoms. The van der Waals surface area contributed by atoms with Gasteiger partial charge in [-0.2, -0.15) is 5.10 Å². The summed E-state index contributed by atoms with van der Waals surface area (Å²) < 4.78 is 2.00. The van der Waals surface area contributed by atoms with Crippen LogP contribution in [0.15, 0.2) is 53.5 Å². The van der Waals surface area contributed by atoms with Crippen molar-refractivity contribution < 1.29 is 4.79 Å². The number of anilines is 1. The van der Waals surface area contributed by atoms with Crippen LogP contribution in [0.5, 0.6) is 0 Å².